The number of thioether (sulfide) groups is 1. The standard InChI is InChI=1S/C21H17BrFN3O4S.Na/c1-11-3-6-16-15(7-11)26(10-18(29)30)21(31-16)19(23)20-24(2)13-5-4-12(22)8-14(13)25(20)9-17(27)28;/h3-8H,9-10H2,1-2H3,(H-,27,28,29,30);/q;+1/p-1. The maximum absolute atomic E-state index is 16.1. The fraction of sp³-hybridized carbons (Fsp3) is 0.190. The SMILES string of the molecule is Cc1ccc2c(c1)N(CC(=O)[O-])C(=C(F)c1n(CC(=O)[O-])c3cc(Br)ccc3[n+]1C)S2.[Na+]. The molecule has 0 N–H and O–H groups in total. The molecule has 0 atom stereocenters. The Morgan fingerprint density at radius 1 is 1.12 bits per heavy atom. The van der Waals surface area contributed by atoms with E-state index in [-0.39, 0.29) is 40.4 Å². The minimum Gasteiger partial charge on any atom is -0.548 e. The number of benzene rings is 2. The molecule has 0 saturated carbocycles. The molecule has 7 nitrogen and oxygen atoms in total. The molecule has 0 aliphatic carbocycles. The van der Waals surface area contributed by atoms with E-state index in [0.29, 0.717) is 26.1 Å². The van der Waals surface area contributed by atoms with Gasteiger partial charge in [0, 0.05) is 15.4 Å². The van der Waals surface area contributed by atoms with Crippen LogP contribution < -0.4 is 49.2 Å². The van der Waals surface area contributed by atoms with E-state index >= 15 is 4.39 Å². The van der Waals surface area contributed by atoms with Crippen molar-refractivity contribution in [2.24, 2.45) is 7.05 Å². The van der Waals surface area contributed by atoms with E-state index in [1.54, 1.807) is 41.9 Å². The molecule has 0 unspecified atom stereocenters. The summed E-state index contributed by atoms with van der Waals surface area (Å²) in [6.45, 7) is 0.749. The summed E-state index contributed by atoms with van der Waals surface area (Å²) < 4.78 is 19.6. The van der Waals surface area contributed by atoms with Gasteiger partial charge in [-0.15, -0.1) is 0 Å². The number of fused-ring (bicyclic) bond motifs is 2. The predicted molar refractivity (Wildman–Crippen MR) is 113 cm³/mol. The Balaban J connectivity index is 0.00000289. The largest absolute Gasteiger partial charge is 1.00 e. The van der Waals surface area contributed by atoms with Crippen LogP contribution in [-0.4, -0.2) is 23.1 Å². The van der Waals surface area contributed by atoms with Crippen LogP contribution in [0.5, 0.6) is 0 Å². The molecular weight excluding hydrogens is 512 g/mol. The molecule has 0 amide bonds. The maximum Gasteiger partial charge on any atom is 1.00 e. The average Bonchev–Trinajstić information content (AvgIpc) is 3.16. The first-order chi connectivity index (χ1) is 14.7. The molecule has 0 radical (unpaired) electrons. The quantitative estimate of drug-likeness (QED) is 0.288. The Kier molecular flexibility index (Phi) is 7.41. The molecule has 3 aromatic rings. The summed E-state index contributed by atoms with van der Waals surface area (Å²) in [7, 11) is 1.62. The van der Waals surface area contributed by atoms with Crippen molar-refractivity contribution in [1.29, 1.82) is 0 Å². The van der Waals surface area contributed by atoms with Gasteiger partial charge in [-0.3, -0.25) is 0 Å². The van der Waals surface area contributed by atoms with E-state index in [0.717, 1.165) is 17.3 Å². The van der Waals surface area contributed by atoms with Crippen LogP contribution in [0.15, 0.2) is 50.8 Å². The molecule has 2 heterocycles. The van der Waals surface area contributed by atoms with Gasteiger partial charge in [0.05, 0.1) is 31.2 Å². The minimum absolute atomic E-state index is 0. The van der Waals surface area contributed by atoms with E-state index in [4.69, 9.17) is 0 Å². The number of hydrogen-bond donors (Lipinski definition) is 0. The molecule has 0 fully saturated rings. The number of aliphatic carboxylic acids is 2. The van der Waals surface area contributed by atoms with Gasteiger partial charge in [-0.25, -0.2) is 9.13 Å². The van der Waals surface area contributed by atoms with Gasteiger partial charge in [0.15, 0.2) is 11.0 Å². The number of carbonyl (C=O) groups is 2. The van der Waals surface area contributed by atoms with Crippen molar-refractivity contribution in [2.45, 2.75) is 18.4 Å². The Labute approximate surface area is 217 Å². The van der Waals surface area contributed by atoms with Crippen LogP contribution in [0.4, 0.5) is 10.1 Å². The zero-order valence-electron chi connectivity index (χ0n) is 17.5. The van der Waals surface area contributed by atoms with Gasteiger partial charge in [0.25, 0.3) is 0 Å². The normalized spacial score (nSPS) is 14.3. The zero-order valence-corrected chi connectivity index (χ0v) is 21.9. The number of carbonyl (C=O) groups excluding carboxylic acids is 2. The molecule has 32 heavy (non-hydrogen) atoms. The first-order valence-corrected chi connectivity index (χ1v) is 10.8. The van der Waals surface area contributed by atoms with Gasteiger partial charge in [-0.1, -0.05) is 33.8 Å². The number of hydrogen-bond acceptors (Lipinski definition) is 6. The van der Waals surface area contributed by atoms with Crippen molar-refractivity contribution in [3.8, 4) is 0 Å². The second kappa shape index (κ2) is 9.56. The molecule has 2 aromatic carbocycles. The van der Waals surface area contributed by atoms with Crippen LogP contribution in [0.25, 0.3) is 16.9 Å². The fourth-order valence-electron chi connectivity index (χ4n) is 3.70. The number of halogens is 2. The summed E-state index contributed by atoms with van der Waals surface area (Å²) in [5, 5.41) is 22.9. The average molecular weight is 528 g/mol. The van der Waals surface area contributed by atoms with E-state index in [1.807, 2.05) is 13.0 Å². The van der Waals surface area contributed by atoms with E-state index in [2.05, 4.69) is 15.9 Å². The Hall–Kier alpha value is -1.85. The molecule has 1 aromatic heterocycles. The summed E-state index contributed by atoms with van der Waals surface area (Å²) >= 11 is 4.44. The molecule has 1 aliphatic rings. The van der Waals surface area contributed by atoms with Crippen molar-refractivity contribution in [2.75, 3.05) is 11.4 Å². The number of aryl methyl sites for hydroxylation is 2. The number of carboxylic acids is 2. The minimum atomic E-state index is -1.37. The van der Waals surface area contributed by atoms with Gasteiger partial charge < -0.3 is 24.7 Å². The van der Waals surface area contributed by atoms with Gasteiger partial charge in [-0.2, -0.15) is 4.39 Å². The monoisotopic (exact) mass is 527 g/mol. The van der Waals surface area contributed by atoms with Gasteiger partial charge in [0.2, 0.25) is 5.83 Å². The molecule has 4 rings (SSSR count). The molecule has 0 spiro atoms. The summed E-state index contributed by atoms with van der Waals surface area (Å²) in [5.41, 5.74) is 2.56. The summed E-state index contributed by atoms with van der Waals surface area (Å²) in [6.07, 6.45) is 0. The second-order valence-electron chi connectivity index (χ2n) is 7.12. The number of anilines is 1. The third-order valence-corrected chi connectivity index (χ3v) is 6.63. The third kappa shape index (κ3) is 4.47. The molecule has 11 heteroatoms. The fourth-order valence-corrected chi connectivity index (χ4v) is 5.12. The maximum atomic E-state index is 16.1. The van der Waals surface area contributed by atoms with Crippen LogP contribution in [0.2, 0.25) is 0 Å². The number of carboxylic acid groups (broad SMARTS) is 2. The number of nitrogens with zero attached hydrogens (tertiary/aromatic N) is 3. The van der Waals surface area contributed by atoms with Crippen LogP contribution >= 0.6 is 27.7 Å². The van der Waals surface area contributed by atoms with Gasteiger partial charge >= 0.3 is 35.4 Å². The number of rotatable bonds is 5. The number of imidazole rings is 1. The topological polar surface area (TPSA) is 92.3 Å². The Bertz CT molecular complexity index is 1290. The summed E-state index contributed by atoms with van der Waals surface area (Å²) in [4.78, 5) is 24.9. The molecular formula is C21H16BrFN3NaO4S. The first-order valence-electron chi connectivity index (χ1n) is 9.21. The van der Waals surface area contributed by atoms with Crippen molar-refractivity contribution >= 4 is 62.2 Å². The second-order valence-corrected chi connectivity index (χ2v) is 9.07. The van der Waals surface area contributed by atoms with Gasteiger partial charge in [0.1, 0.15) is 11.6 Å². The Morgan fingerprint density at radius 2 is 1.81 bits per heavy atom. The first kappa shape index (κ1) is 24.8. The van der Waals surface area contributed by atoms with Crippen LogP contribution in [0, 0.1) is 6.92 Å². The molecule has 0 bridgehead atoms. The predicted octanol–water partition coefficient (Wildman–Crippen LogP) is -1.75. The van der Waals surface area contributed by atoms with Crippen LogP contribution in [0.3, 0.4) is 0 Å². The van der Waals surface area contributed by atoms with Crippen molar-refractivity contribution in [3.05, 3.63) is 57.3 Å². The van der Waals surface area contributed by atoms with Crippen LogP contribution in [0.1, 0.15) is 11.4 Å². The van der Waals surface area contributed by atoms with E-state index in [9.17, 15) is 19.8 Å². The summed E-state index contributed by atoms with van der Waals surface area (Å²) in [6, 6.07) is 10.6. The zero-order chi connectivity index (χ0) is 22.4. The van der Waals surface area contributed by atoms with E-state index in [1.165, 1.54) is 9.47 Å². The van der Waals surface area contributed by atoms with Crippen molar-refractivity contribution in [3.63, 3.8) is 0 Å². The van der Waals surface area contributed by atoms with E-state index < -0.39 is 30.9 Å². The molecule has 0 saturated heterocycles. The summed E-state index contributed by atoms with van der Waals surface area (Å²) in [5.74, 6) is -3.48. The molecule has 160 valence electrons. The smallest absolute Gasteiger partial charge is 0.548 e. The third-order valence-electron chi connectivity index (χ3n) is 4.98. The van der Waals surface area contributed by atoms with Crippen molar-refractivity contribution in [1.82, 2.24) is 4.57 Å². The van der Waals surface area contributed by atoms with Gasteiger partial charge in [-0.05, 0) is 36.8 Å². The molecule has 1 aliphatic heterocycles. The van der Waals surface area contributed by atoms with Crippen molar-refractivity contribution < 1.29 is 58.3 Å². The number of aromatic nitrogens is 2. The van der Waals surface area contributed by atoms with Crippen LogP contribution in [-0.2, 0) is 23.2 Å². The Morgan fingerprint density at radius 3 is 2.47 bits per heavy atom.